The van der Waals surface area contributed by atoms with Crippen LogP contribution < -0.4 is 4.74 Å². The molecule has 0 spiro atoms. The summed E-state index contributed by atoms with van der Waals surface area (Å²) in [5, 5.41) is 8.82. The molecule has 3 rings (SSSR count). The first-order valence-electron chi connectivity index (χ1n) is 9.19. The molecule has 152 valence electrons. The fraction of sp³-hybridized carbons (Fsp3) is 0.286. The van der Waals surface area contributed by atoms with Gasteiger partial charge in [0.1, 0.15) is 12.1 Å². The summed E-state index contributed by atoms with van der Waals surface area (Å²) in [7, 11) is 3.26. The van der Waals surface area contributed by atoms with Crippen molar-refractivity contribution in [2.45, 2.75) is 11.7 Å². The van der Waals surface area contributed by atoms with Crippen molar-refractivity contribution in [1.82, 2.24) is 19.7 Å². The van der Waals surface area contributed by atoms with Crippen LogP contribution in [-0.4, -0.2) is 58.7 Å². The molecule has 0 unspecified atom stereocenters. The second kappa shape index (κ2) is 10.6. The zero-order chi connectivity index (χ0) is 20.5. The van der Waals surface area contributed by atoms with E-state index in [1.165, 1.54) is 11.8 Å². The summed E-state index contributed by atoms with van der Waals surface area (Å²) < 4.78 is 12.3. The lowest BCUT2D eigenvalue weighted by atomic mass is 10.2. The first-order valence-corrected chi connectivity index (χ1v) is 10.2. The van der Waals surface area contributed by atoms with Gasteiger partial charge in [-0.2, -0.15) is 0 Å². The average molecular weight is 413 g/mol. The molecule has 0 atom stereocenters. The van der Waals surface area contributed by atoms with E-state index in [1.807, 2.05) is 59.2 Å². The van der Waals surface area contributed by atoms with Crippen LogP contribution in [0.15, 0.2) is 66.1 Å². The maximum Gasteiger partial charge on any atom is 0.233 e. The highest BCUT2D eigenvalue weighted by molar-refractivity contribution is 7.99. The molecule has 0 aliphatic heterocycles. The van der Waals surface area contributed by atoms with E-state index in [2.05, 4.69) is 10.2 Å². The van der Waals surface area contributed by atoms with E-state index >= 15 is 0 Å². The van der Waals surface area contributed by atoms with Gasteiger partial charge in [0.25, 0.3) is 0 Å². The van der Waals surface area contributed by atoms with Crippen molar-refractivity contribution in [3.8, 4) is 11.4 Å². The average Bonchev–Trinajstić information content (AvgIpc) is 3.24. The Balaban J connectivity index is 1.67. The van der Waals surface area contributed by atoms with E-state index in [1.54, 1.807) is 25.4 Å². The summed E-state index contributed by atoms with van der Waals surface area (Å²) in [6, 6.07) is 17.6. The Morgan fingerprint density at radius 2 is 1.97 bits per heavy atom. The number of aromatic nitrogens is 3. The highest BCUT2D eigenvalue weighted by Gasteiger charge is 2.16. The van der Waals surface area contributed by atoms with Gasteiger partial charge in [-0.1, -0.05) is 48.2 Å². The van der Waals surface area contributed by atoms with Gasteiger partial charge < -0.3 is 14.4 Å². The second-order valence-electron chi connectivity index (χ2n) is 6.27. The fourth-order valence-corrected chi connectivity index (χ4v) is 3.61. The highest BCUT2D eigenvalue weighted by Crippen LogP contribution is 2.23. The van der Waals surface area contributed by atoms with Crippen molar-refractivity contribution >= 4 is 17.7 Å². The molecular formula is C21H24N4O3S. The summed E-state index contributed by atoms with van der Waals surface area (Å²) in [4.78, 5) is 14.7. The lowest BCUT2D eigenvalue weighted by Gasteiger charge is -2.22. The summed E-state index contributed by atoms with van der Waals surface area (Å²) in [6.07, 6.45) is 1.63. The Morgan fingerprint density at radius 1 is 1.14 bits per heavy atom. The normalized spacial score (nSPS) is 10.7. The van der Waals surface area contributed by atoms with E-state index in [4.69, 9.17) is 9.47 Å². The molecule has 1 aromatic heterocycles. The van der Waals surface area contributed by atoms with Crippen molar-refractivity contribution in [3.63, 3.8) is 0 Å². The number of amides is 1. The molecule has 1 amide bonds. The summed E-state index contributed by atoms with van der Waals surface area (Å²) in [6.45, 7) is 1.57. The predicted octanol–water partition coefficient (Wildman–Crippen LogP) is 3.04. The van der Waals surface area contributed by atoms with E-state index in [0.717, 1.165) is 17.0 Å². The molecule has 7 nitrogen and oxygen atoms in total. The van der Waals surface area contributed by atoms with Gasteiger partial charge >= 0.3 is 0 Å². The second-order valence-corrected chi connectivity index (χ2v) is 7.21. The van der Waals surface area contributed by atoms with Crippen LogP contribution in [0, 0.1) is 0 Å². The van der Waals surface area contributed by atoms with Crippen LogP contribution >= 0.6 is 11.8 Å². The minimum absolute atomic E-state index is 0.0242. The van der Waals surface area contributed by atoms with Crippen LogP contribution in [-0.2, 0) is 16.1 Å². The van der Waals surface area contributed by atoms with Crippen molar-refractivity contribution in [2.24, 2.45) is 0 Å². The number of ether oxygens (including phenoxy) is 2. The molecule has 0 saturated heterocycles. The number of carbonyl (C=O) groups is 1. The van der Waals surface area contributed by atoms with Crippen molar-refractivity contribution in [3.05, 3.63) is 66.5 Å². The minimum Gasteiger partial charge on any atom is -0.497 e. The Bertz CT molecular complexity index is 917. The molecule has 3 aromatic rings. The van der Waals surface area contributed by atoms with Gasteiger partial charge in [-0.25, -0.2) is 0 Å². The van der Waals surface area contributed by atoms with Crippen molar-refractivity contribution in [2.75, 3.05) is 33.1 Å². The molecule has 29 heavy (non-hydrogen) atoms. The highest BCUT2D eigenvalue weighted by atomic mass is 32.2. The number of rotatable bonds is 10. The zero-order valence-corrected chi connectivity index (χ0v) is 17.3. The van der Waals surface area contributed by atoms with Crippen LogP contribution in [0.4, 0.5) is 0 Å². The first-order chi connectivity index (χ1) is 14.2. The maximum atomic E-state index is 12.9. The minimum atomic E-state index is 0.0242. The number of nitrogens with zero attached hydrogens (tertiary/aromatic N) is 4. The first kappa shape index (κ1) is 20.9. The monoisotopic (exact) mass is 412 g/mol. The Morgan fingerprint density at radius 3 is 2.72 bits per heavy atom. The summed E-state index contributed by atoms with van der Waals surface area (Å²) in [5.74, 6) is 1.03. The maximum absolute atomic E-state index is 12.9. The van der Waals surface area contributed by atoms with Crippen LogP contribution in [0.2, 0.25) is 0 Å². The Kier molecular flexibility index (Phi) is 7.66. The van der Waals surface area contributed by atoms with Crippen LogP contribution in [0.3, 0.4) is 0 Å². The van der Waals surface area contributed by atoms with Crippen LogP contribution in [0.5, 0.6) is 5.75 Å². The third-order valence-electron chi connectivity index (χ3n) is 4.31. The van der Waals surface area contributed by atoms with Gasteiger partial charge in [-0.3, -0.25) is 9.36 Å². The number of carbonyl (C=O) groups excluding carboxylic acids is 1. The molecule has 0 fully saturated rings. The van der Waals surface area contributed by atoms with Gasteiger partial charge in [-0.05, 0) is 17.7 Å². The van der Waals surface area contributed by atoms with E-state index in [-0.39, 0.29) is 11.7 Å². The topological polar surface area (TPSA) is 69.5 Å². The molecule has 1 heterocycles. The van der Waals surface area contributed by atoms with Gasteiger partial charge in [-0.15, -0.1) is 10.2 Å². The molecule has 8 heteroatoms. The van der Waals surface area contributed by atoms with E-state index in [0.29, 0.717) is 24.9 Å². The third-order valence-corrected chi connectivity index (χ3v) is 5.23. The van der Waals surface area contributed by atoms with E-state index in [9.17, 15) is 4.79 Å². The number of hydrogen-bond acceptors (Lipinski definition) is 6. The number of hydrogen-bond donors (Lipinski definition) is 0. The Labute approximate surface area is 174 Å². The molecule has 0 aliphatic rings. The van der Waals surface area contributed by atoms with Gasteiger partial charge in [0.2, 0.25) is 5.91 Å². The molecule has 0 aliphatic carbocycles. The lowest BCUT2D eigenvalue weighted by molar-refractivity contribution is -0.129. The number of methoxy groups -OCH3 is 2. The lowest BCUT2D eigenvalue weighted by Crippen LogP contribution is -2.34. The molecule has 0 saturated carbocycles. The summed E-state index contributed by atoms with van der Waals surface area (Å²) in [5.41, 5.74) is 1.96. The zero-order valence-electron chi connectivity index (χ0n) is 16.5. The molecule has 2 aromatic carbocycles. The van der Waals surface area contributed by atoms with E-state index < -0.39 is 0 Å². The molecule has 0 radical (unpaired) electrons. The largest absolute Gasteiger partial charge is 0.497 e. The van der Waals surface area contributed by atoms with Gasteiger partial charge in [0.05, 0.1) is 25.2 Å². The third kappa shape index (κ3) is 5.82. The van der Waals surface area contributed by atoms with Crippen molar-refractivity contribution < 1.29 is 14.3 Å². The number of thioether (sulfide) groups is 1. The van der Waals surface area contributed by atoms with Gasteiger partial charge in [0, 0.05) is 26.3 Å². The standard InChI is InChI=1S/C21H24N4O3S/c1-27-12-11-24(14-17-7-4-3-5-8-17)20(26)15-29-21-23-22-16-25(21)18-9-6-10-19(13-18)28-2/h3-10,13,16H,11-12,14-15H2,1-2H3. The van der Waals surface area contributed by atoms with Crippen LogP contribution in [0.1, 0.15) is 5.56 Å². The smallest absolute Gasteiger partial charge is 0.233 e. The van der Waals surface area contributed by atoms with Crippen LogP contribution in [0.25, 0.3) is 5.69 Å². The summed E-state index contributed by atoms with van der Waals surface area (Å²) >= 11 is 1.36. The fourth-order valence-electron chi connectivity index (χ4n) is 2.78. The molecular weight excluding hydrogens is 388 g/mol. The quantitative estimate of drug-likeness (QED) is 0.477. The number of benzene rings is 2. The van der Waals surface area contributed by atoms with Gasteiger partial charge in [0.15, 0.2) is 5.16 Å². The van der Waals surface area contributed by atoms with Crippen molar-refractivity contribution in [1.29, 1.82) is 0 Å². The Hall–Kier alpha value is -2.84. The predicted molar refractivity (Wildman–Crippen MR) is 112 cm³/mol. The molecule has 0 bridgehead atoms. The SMILES string of the molecule is COCCN(Cc1ccccc1)C(=O)CSc1nncn1-c1cccc(OC)c1. The molecule has 0 N–H and O–H groups in total.